The second-order valence-corrected chi connectivity index (χ2v) is 7.40. The quantitative estimate of drug-likeness (QED) is 0.247. The molecule has 1 saturated heterocycles. The summed E-state index contributed by atoms with van der Waals surface area (Å²) in [5, 5.41) is 0. The van der Waals surface area contributed by atoms with E-state index in [1.807, 2.05) is 12.2 Å². The number of rotatable bonds is 16. The maximum atomic E-state index is 3.77. The van der Waals surface area contributed by atoms with Gasteiger partial charge in [0.25, 0.3) is 0 Å². The SMILES string of the molecule is C=CCCCCCC=CCN1CCN(CC=CCCCCCC=C)CC1. The van der Waals surface area contributed by atoms with E-state index in [1.165, 1.54) is 90.4 Å². The average molecular weight is 359 g/mol. The van der Waals surface area contributed by atoms with Crippen molar-refractivity contribution in [1.82, 2.24) is 9.80 Å². The topological polar surface area (TPSA) is 6.48 Å². The van der Waals surface area contributed by atoms with Crippen LogP contribution in [0.2, 0.25) is 0 Å². The fourth-order valence-corrected chi connectivity index (χ4v) is 3.29. The summed E-state index contributed by atoms with van der Waals surface area (Å²) in [6.07, 6.45) is 26.2. The van der Waals surface area contributed by atoms with Crippen LogP contribution < -0.4 is 0 Å². The summed E-state index contributed by atoms with van der Waals surface area (Å²) in [4.78, 5) is 5.15. The van der Waals surface area contributed by atoms with Crippen LogP contribution in [0, 0.1) is 0 Å². The van der Waals surface area contributed by atoms with Gasteiger partial charge in [-0.05, 0) is 51.4 Å². The molecule has 1 aliphatic rings. The van der Waals surface area contributed by atoms with E-state index in [0.717, 1.165) is 13.1 Å². The molecule has 148 valence electrons. The molecule has 2 heteroatoms. The van der Waals surface area contributed by atoms with E-state index in [-0.39, 0.29) is 0 Å². The smallest absolute Gasteiger partial charge is 0.0164 e. The van der Waals surface area contributed by atoms with Crippen LogP contribution in [0.15, 0.2) is 49.6 Å². The first-order valence-corrected chi connectivity index (χ1v) is 10.8. The minimum atomic E-state index is 1.13. The normalized spacial score (nSPS) is 16.6. The van der Waals surface area contributed by atoms with Crippen molar-refractivity contribution in [3.05, 3.63) is 49.6 Å². The fraction of sp³-hybridized carbons (Fsp3) is 0.667. The molecule has 0 amide bonds. The first-order chi connectivity index (χ1) is 12.9. The molecule has 2 nitrogen and oxygen atoms in total. The highest BCUT2D eigenvalue weighted by Gasteiger charge is 2.14. The van der Waals surface area contributed by atoms with Crippen molar-refractivity contribution in [3.63, 3.8) is 0 Å². The lowest BCUT2D eigenvalue weighted by molar-refractivity contribution is 0.153. The number of piperazine rings is 1. The van der Waals surface area contributed by atoms with Crippen LogP contribution in [0.25, 0.3) is 0 Å². The van der Waals surface area contributed by atoms with Gasteiger partial charge >= 0.3 is 0 Å². The Morgan fingerprint density at radius 2 is 0.885 bits per heavy atom. The van der Waals surface area contributed by atoms with Gasteiger partial charge in [-0.15, -0.1) is 13.2 Å². The third-order valence-corrected chi connectivity index (χ3v) is 5.08. The van der Waals surface area contributed by atoms with Gasteiger partial charge in [-0.2, -0.15) is 0 Å². The molecule has 0 aromatic carbocycles. The van der Waals surface area contributed by atoms with Crippen molar-refractivity contribution in [2.24, 2.45) is 0 Å². The molecule has 0 spiro atoms. The molecule has 0 bridgehead atoms. The molecular formula is C24H42N2. The van der Waals surface area contributed by atoms with Gasteiger partial charge in [0.1, 0.15) is 0 Å². The van der Waals surface area contributed by atoms with E-state index in [1.54, 1.807) is 0 Å². The zero-order valence-corrected chi connectivity index (χ0v) is 17.1. The minimum absolute atomic E-state index is 1.13. The Hall–Kier alpha value is -1.12. The second kappa shape index (κ2) is 17.3. The van der Waals surface area contributed by atoms with Crippen LogP contribution in [0.5, 0.6) is 0 Å². The molecule has 0 aliphatic carbocycles. The third kappa shape index (κ3) is 13.1. The fourth-order valence-electron chi connectivity index (χ4n) is 3.29. The van der Waals surface area contributed by atoms with E-state index in [9.17, 15) is 0 Å². The van der Waals surface area contributed by atoms with Gasteiger partial charge in [0.2, 0.25) is 0 Å². The van der Waals surface area contributed by atoms with Gasteiger partial charge in [0, 0.05) is 39.3 Å². The summed E-state index contributed by atoms with van der Waals surface area (Å²) in [5.41, 5.74) is 0. The Labute approximate surface area is 163 Å². The lowest BCUT2D eigenvalue weighted by Crippen LogP contribution is -2.46. The van der Waals surface area contributed by atoms with E-state index in [0.29, 0.717) is 0 Å². The Morgan fingerprint density at radius 3 is 1.27 bits per heavy atom. The molecule has 26 heavy (non-hydrogen) atoms. The summed E-state index contributed by atoms with van der Waals surface area (Å²) in [5.74, 6) is 0. The van der Waals surface area contributed by atoms with E-state index >= 15 is 0 Å². The average Bonchev–Trinajstić information content (AvgIpc) is 2.67. The maximum Gasteiger partial charge on any atom is 0.0164 e. The lowest BCUT2D eigenvalue weighted by Gasteiger charge is -2.33. The highest BCUT2D eigenvalue weighted by atomic mass is 15.3. The van der Waals surface area contributed by atoms with Crippen molar-refractivity contribution in [2.45, 2.75) is 64.2 Å². The molecule has 1 aliphatic heterocycles. The Kier molecular flexibility index (Phi) is 15.3. The van der Waals surface area contributed by atoms with Crippen molar-refractivity contribution in [3.8, 4) is 0 Å². The third-order valence-electron chi connectivity index (χ3n) is 5.08. The van der Waals surface area contributed by atoms with Gasteiger partial charge in [-0.25, -0.2) is 0 Å². The molecule has 0 atom stereocenters. The molecular weight excluding hydrogens is 316 g/mol. The van der Waals surface area contributed by atoms with Crippen molar-refractivity contribution >= 4 is 0 Å². The van der Waals surface area contributed by atoms with Gasteiger partial charge in [-0.3, -0.25) is 9.80 Å². The first-order valence-electron chi connectivity index (χ1n) is 10.8. The van der Waals surface area contributed by atoms with Crippen LogP contribution in [0.1, 0.15) is 64.2 Å². The number of hydrogen-bond donors (Lipinski definition) is 0. The molecule has 0 N–H and O–H groups in total. The van der Waals surface area contributed by atoms with Crippen molar-refractivity contribution < 1.29 is 0 Å². The minimum Gasteiger partial charge on any atom is -0.297 e. The van der Waals surface area contributed by atoms with E-state index in [2.05, 4.69) is 47.3 Å². The first kappa shape index (κ1) is 22.9. The predicted molar refractivity (Wildman–Crippen MR) is 118 cm³/mol. The Morgan fingerprint density at radius 1 is 0.500 bits per heavy atom. The number of allylic oxidation sites excluding steroid dienone is 4. The molecule has 0 saturated carbocycles. The number of hydrogen-bond acceptors (Lipinski definition) is 2. The summed E-state index contributed by atoms with van der Waals surface area (Å²) in [7, 11) is 0. The highest BCUT2D eigenvalue weighted by molar-refractivity contribution is 4.89. The van der Waals surface area contributed by atoms with Gasteiger partial charge in [0.05, 0.1) is 0 Å². The van der Waals surface area contributed by atoms with Crippen molar-refractivity contribution in [2.75, 3.05) is 39.3 Å². The predicted octanol–water partition coefficient (Wildman–Crippen LogP) is 5.99. The zero-order chi connectivity index (χ0) is 18.7. The summed E-state index contributed by atoms with van der Waals surface area (Å²) >= 11 is 0. The largest absolute Gasteiger partial charge is 0.297 e. The molecule has 0 aromatic rings. The number of unbranched alkanes of at least 4 members (excludes halogenated alkanes) is 8. The summed E-state index contributed by atoms with van der Waals surface area (Å²) < 4.78 is 0. The van der Waals surface area contributed by atoms with Crippen LogP contribution in [-0.4, -0.2) is 49.1 Å². The van der Waals surface area contributed by atoms with Crippen LogP contribution in [0.4, 0.5) is 0 Å². The lowest BCUT2D eigenvalue weighted by atomic mass is 10.1. The van der Waals surface area contributed by atoms with Crippen LogP contribution in [0.3, 0.4) is 0 Å². The molecule has 1 rings (SSSR count). The van der Waals surface area contributed by atoms with Gasteiger partial charge < -0.3 is 0 Å². The number of nitrogens with zero attached hydrogens (tertiary/aromatic N) is 2. The van der Waals surface area contributed by atoms with E-state index in [4.69, 9.17) is 0 Å². The van der Waals surface area contributed by atoms with Gasteiger partial charge in [0.15, 0.2) is 0 Å². The zero-order valence-electron chi connectivity index (χ0n) is 17.1. The molecule has 0 unspecified atom stereocenters. The molecule has 0 aromatic heterocycles. The standard InChI is InChI=1S/C24H42N2/c1-3-5-7-9-11-13-15-17-19-25-21-23-26(24-22-25)20-18-16-14-12-10-8-6-4-2/h3-4,15-18H,1-2,5-14,19-24H2. The molecule has 1 heterocycles. The van der Waals surface area contributed by atoms with Crippen molar-refractivity contribution in [1.29, 1.82) is 0 Å². The summed E-state index contributed by atoms with van der Waals surface area (Å²) in [6.45, 7) is 14.6. The summed E-state index contributed by atoms with van der Waals surface area (Å²) in [6, 6.07) is 0. The molecule has 1 fully saturated rings. The Balaban J connectivity index is 1.96. The van der Waals surface area contributed by atoms with Crippen LogP contribution in [-0.2, 0) is 0 Å². The van der Waals surface area contributed by atoms with Crippen LogP contribution >= 0.6 is 0 Å². The highest BCUT2D eigenvalue weighted by Crippen LogP contribution is 2.06. The Bertz CT molecular complexity index is 351. The molecule has 0 radical (unpaired) electrons. The monoisotopic (exact) mass is 358 g/mol. The van der Waals surface area contributed by atoms with Gasteiger partial charge in [-0.1, -0.05) is 49.3 Å². The van der Waals surface area contributed by atoms with E-state index < -0.39 is 0 Å². The second-order valence-electron chi connectivity index (χ2n) is 7.40. The maximum absolute atomic E-state index is 3.77.